The Labute approximate surface area is 111 Å². The Kier molecular flexibility index (Phi) is 5.20. The van der Waals surface area contributed by atoms with Crippen LogP contribution in [0, 0.1) is 11.8 Å². The monoisotopic (exact) mass is 282 g/mol. The van der Waals surface area contributed by atoms with E-state index < -0.39 is 24.5 Å². The van der Waals surface area contributed by atoms with Gasteiger partial charge in [0.15, 0.2) is 0 Å². The van der Waals surface area contributed by atoms with Crippen LogP contribution in [0.15, 0.2) is 0 Å². The van der Waals surface area contributed by atoms with Crippen molar-refractivity contribution in [1.82, 2.24) is 4.90 Å². The summed E-state index contributed by atoms with van der Waals surface area (Å²) in [7, 11) is 0. The first-order valence-corrected chi connectivity index (χ1v) is 6.38. The van der Waals surface area contributed by atoms with E-state index in [1.54, 1.807) is 6.92 Å². The van der Waals surface area contributed by atoms with E-state index in [4.69, 9.17) is 10.5 Å². The van der Waals surface area contributed by atoms with Gasteiger partial charge in [0.2, 0.25) is 5.91 Å². The van der Waals surface area contributed by atoms with E-state index in [0.29, 0.717) is 0 Å². The number of carbonyl (C=O) groups excluding carboxylic acids is 1. The van der Waals surface area contributed by atoms with Gasteiger partial charge in [0.1, 0.15) is 6.54 Å². The number of ether oxygens (including phenoxy) is 1. The summed E-state index contributed by atoms with van der Waals surface area (Å²) in [6, 6.07) is 0. The molecule has 0 radical (unpaired) electrons. The molecule has 1 aliphatic rings. The number of hydrogen-bond donors (Lipinski definition) is 1. The smallest absolute Gasteiger partial charge is 0.374 e. The zero-order chi connectivity index (χ0) is 14.8. The van der Waals surface area contributed by atoms with E-state index >= 15 is 0 Å². The Hall–Kier alpha value is -0.820. The first kappa shape index (κ1) is 16.2. The van der Waals surface area contributed by atoms with Gasteiger partial charge in [-0.15, -0.1) is 0 Å². The van der Waals surface area contributed by atoms with E-state index in [9.17, 15) is 18.0 Å². The van der Waals surface area contributed by atoms with Crippen molar-refractivity contribution in [2.45, 2.75) is 39.2 Å². The molecule has 19 heavy (non-hydrogen) atoms. The summed E-state index contributed by atoms with van der Waals surface area (Å²) >= 11 is 0. The molecule has 1 aliphatic heterocycles. The molecule has 0 aromatic carbocycles. The fraction of sp³-hybridized carbons (Fsp3) is 0.917. The standard InChI is InChI=1S/C12H21F3N2O2/c1-7-8(2)19-9(3)10(7)11(18)17(5-4-16)6-12(13,14)15/h7-10H,4-6,16H2,1-3H3. The zero-order valence-corrected chi connectivity index (χ0v) is 11.4. The highest BCUT2D eigenvalue weighted by atomic mass is 19.4. The molecule has 4 atom stereocenters. The normalized spacial score (nSPS) is 31.5. The van der Waals surface area contributed by atoms with Crippen LogP contribution in [0.25, 0.3) is 0 Å². The van der Waals surface area contributed by atoms with Crippen LogP contribution in [0.4, 0.5) is 13.2 Å². The van der Waals surface area contributed by atoms with E-state index in [-0.39, 0.29) is 31.2 Å². The molecule has 2 N–H and O–H groups in total. The average Bonchev–Trinajstić information content (AvgIpc) is 2.50. The van der Waals surface area contributed by atoms with Crippen molar-refractivity contribution in [1.29, 1.82) is 0 Å². The average molecular weight is 282 g/mol. The van der Waals surface area contributed by atoms with E-state index in [1.807, 2.05) is 13.8 Å². The predicted molar refractivity (Wildman–Crippen MR) is 64.4 cm³/mol. The maximum Gasteiger partial charge on any atom is 0.406 e. The third kappa shape index (κ3) is 4.07. The number of amides is 1. The molecule has 0 spiro atoms. The first-order chi connectivity index (χ1) is 8.67. The third-order valence-corrected chi connectivity index (χ3v) is 3.61. The third-order valence-electron chi connectivity index (χ3n) is 3.61. The molecule has 0 aromatic heterocycles. The van der Waals surface area contributed by atoms with Crippen molar-refractivity contribution in [3.8, 4) is 0 Å². The second kappa shape index (κ2) is 6.09. The molecule has 7 heteroatoms. The lowest BCUT2D eigenvalue weighted by Crippen LogP contribution is -2.47. The van der Waals surface area contributed by atoms with Gasteiger partial charge in [-0.05, 0) is 19.8 Å². The predicted octanol–water partition coefficient (Wildman–Crippen LogP) is 1.40. The molecule has 1 amide bonds. The summed E-state index contributed by atoms with van der Waals surface area (Å²) in [6.07, 6.45) is -4.91. The maximum absolute atomic E-state index is 12.5. The molecule has 1 saturated heterocycles. The summed E-state index contributed by atoms with van der Waals surface area (Å²) in [4.78, 5) is 13.1. The summed E-state index contributed by atoms with van der Waals surface area (Å²) in [5.74, 6) is -1.16. The summed E-state index contributed by atoms with van der Waals surface area (Å²) in [5, 5.41) is 0. The number of hydrogen-bond acceptors (Lipinski definition) is 3. The summed E-state index contributed by atoms with van der Waals surface area (Å²) in [6.45, 7) is 4.02. The minimum Gasteiger partial charge on any atom is -0.374 e. The SMILES string of the molecule is CC1OC(C)C(C(=O)N(CCN)CC(F)(F)F)C1C. The number of rotatable bonds is 4. The van der Waals surface area contributed by atoms with E-state index in [2.05, 4.69) is 0 Å². The lowest BCUT2D eigenvalue weighted by Gasteiger charge is -2.28. The molecule has 4 unspecified atom stereocenters. The second-order valence-corrected chi connectivity index (χ2v) is 5.09. The fourth-order valence-electron chi connectivity index (χ4n) is 2.54. The van der Waals surface area contributed by atoms with E-state index in [0.717, 1.165) is 4.90 Å². The Bertz CT molecular complexity index is 323. The highest BCUT2D eigenvalue weighted by molar-refractivity contribution is 5.80. The van der Waals surface area contributed by atoms with Crippen LogP contribution in [0.2, 0.25) is 0 Å². The molecule has 0 saturated carbocycles. The van der Waals surface area contributed by atoms with Gasteiger partial charge in [-0.25, -0.2) is 0 Å². The van der Waals surface area contributed by atoms with Crippen LogP contribution in [0.3, 0.4) is 0 Å². The van der Waals surface area contributed by atoms with Crippen LogP contribution in [0.5, 0.6) is 0 Å². The lowest BCUT2D eigenvalue weighted by molar-refractivity contribution is -0.165. The summed E-state index contributed by atoms with van der Waals surface area (Å²) < 4.78 is 42.9. The molecule has 0 bridgehead atoms. The minimum atomic E-state index is -4.41. The van der Waals surface area contributed by atoms with Crippen LogP contribution in [-0.4, -0.2) is 48.8 Å². The maximum atomic E-state index is 12.5. The highest BCUT2D eigenvalue weighted by Gasteiger charge is 2.45. The largest absolute Gasteiger partial charge is 0.406 e. The molecular formula is C12H21F3N2O2. The first-order valence-electron chi connectivity index (χ1n) is 6.38. The summed E-state index contributed by atoms with van der Waals surface area (Å²) in [5.41, 5.74) is 5.29. The second-order valence-electron chi connectivity index (χ2n) is 5.09. The van der Waals surface area contributed by atoms with Gasteiger partial charge in [-0.3, -0.25) is 4.79 Å². The van der Waals surface area contributed by atoms with Gasteiger partial charge in [-0.2, -0.15) is 13.2 Å². The van der Waals surface area contributed by atoms with Crippen LogP contribution >= 0.6 is 0 Å². The number of alkyl halides is 3. The Morgan fingerprint density at radius 1 is 1.26 bits per heavy atom. The van der Waals surface area contributed by atoms with Crippen molar-refractivity contribution in [3.63, 3.8) is 0 Å². The topological polar surface area (TPSA) is 55.6 Å². The van der Waals surface area contributed by atoms with Gasteiger partial charge in [0.25, 0.3) is 0 Å². The van der Waals surface area contributed by atoms with Crippen LogP contribution in [-0.2, 0) is 9.53 Å². The van der Waals surface area contributed by atoms with Gasteiger partial charge in [0.05, 0.1) is 18.1 Å². The molecule has 1 fully saturated rings. The molecule has 112 valence electrons. The Balaban J connectivity index is 2.81. The van der Waals surface area contributed by atoms with Crippen molar-refractivity contribution in [2.24, 2.45) is 17.6 Å². The van der Waals surface area contributed by atoms with Gasteiger partial charge in [0, 0.05) is 13.1 Å². The number of nitrogens with zero attached hydrogens (tertiary/aromatic N) is 1. The van der Waals surface area contributed by atoms with Crippen molar-refractivity contribution < 1.29 is 22.7 Å². The van der Waals surface area contributed by atoms with Crippen LogP contribution < -0.4 is 5.73 Å². The molecule has 1 heterocycles. The van der Waals surface area contributed by atoms with Crippen molar-refractivity contribution >= 4 is 5.91 Å². The fourth-order valence-corrected chi connectivity index (χ4v) is 2.54. The quantitative estimate of drug-likeness (QED) is 0.848. The van der Waals surface area contributed by atoms with Crippen molar-refractivity contribution in [3.05, 3.63) is 0 Å². The van der Waals surface area contributed by atoms with Gasteiger partial charge >= 0.3 is 6.18 Å². The van der Waals surface area contributed by atoms with Crippen molar-refractivity contribution in [2.75, 3.05) is 19.6 Å². The highest BCUT2D eigenvalue weighted by Crippen LogP contribution is 2.34. The number of carbonyl (C=O) groups is 1. The lowest BCUT2D eigenvalue weighted by atomic mass is 9.88. The van der Waals surface area contributed by atoms with E-state index in [1.165, 1.54) is 0 Å². The molecule has 0 aliphatic carbocycles. The molecule has 1 rings (SSSR count). The minimum absolute atomic E-state index is 0.00765. The number of halogens is 3. The Morgan fingerprint density at radius 2 is 1.84 bits per heavy atom. The van der Waals surface area contributed by atoms with Crippen LogP contribution in [0.1, 0.15) is 20.8 Å². The Morgan fingerprint density at radius 3 is 2.21 bits per heavy atom. The van der Waals surface area contributed by atoms with Gasteiger partial charge < -0.3 is 15.4 Å². The zero-order valence-electron chi connectivity index (χ0n) is 11.4. The molecule has 4 nitrogen and oxygen atoms in total. The number of nitrogens with two attached hydrogens (primary N) is 1. The molecular weight excluding hydrogens is 261 g/mol. The van der Waals surface area contributed by atoms with Gasteiger partial charge in [-0.1, -0.05) is 6.92 Å². The molecule has 0 aromatic rings.